The number of rotatable bonds is 5. The Kier molecular flexibility index (Phi) is 4.06. The standard InChI is InChI=1S/C8H16N2O4S/c1-2-9-15(13,14)10-7-5-3-4-6(7)8(11)12/h6-7,9-10H,2-5H2,1H3,(H,11,12). The van der Waals surface area contributed by atoms with Gasteiger partial charge in [-0.25, -0.2) is 4.72 Å². The molecule has 7 heteroatoms. The molecule has 6 nitrogen and oxygen atoms in total. The van der Waals surface area contributed by atoms with Gasteiger partial charge in [0.05, 0.1) is 5.92 Å². The van der Waals surface area contributed by atoms with E-state index in [9.17, 15) is 13.2 Å². The number of hydrogen-bond donors (Lipinski definition) is 3. The van der Waals surface area contributed by atoms with Crippen molar-refractivity contribution >= 4 is 16.2 Å². The van der Waals surface area contributed by atoms with Crippen LogP contribution >= 0.6 is 0 Å². The summed E-state index contributed by atoms with van der Waals surface area (Å²) in [6, 6.07) is -0.480. The molecule has 0 aromatic carbocycles. The Labute approximate surface area is 89.2 Å². The maximum atomic E-state index is 11.3. The first-order valence-corrected chi connectivity index (χ1v) is 6.44. The second-order valence-electron chi connectivity index (χ2n) is 3.60. The van der Waals surface area contributed by atoms with Crippen molar-refractivity contribution in [3.8, 4) is 0 Å². The van der Waals surface area contributed by atoms with E-state index in [-0.39, 0.29) is 0 Å². The van der Waals surface area contributed by atoms with E-state index in [1.54, 1.807) is 6.92 Å². The van der Waals surface area contributed by atoms with E-state index in [0.717, 1.165) is 6.42 Å². The van der Waals surface area contributed by atoms with Crippen LogP contribution in [0, 0.1) is 5.92 Å². The average Bonchev–Trinajstić information content (AvgIpc) is 2.50. The number of nitrogens with one attached hydrogen (secondary N) is 2. The summed E-state index contributed by atoms with van der Waals surface area (Å²) < 4.78 is 27.3. The first-order chi connectivity index (χ1) is 6.96. The van der Waals surface area contributed by atoms with E-state index in [1.807, 2.05) is 0 Å². The highest BCUT2D eigenvalue weighted by Gasteiger charge is 2.35. The third-order valence-electron chi connectivity index (χ3n) is 2.47. The van der Waals surface area contributed by atoms with Crippen molar-refractivity contribution in [3.05, 3.63) is 0 Å². The van der Waals surface area contributed by atoms with Crippen LogP contribution in [-0.4, -0.2) is 32.1 Å². The summed E-state index contributed by atoms with van der Waals surface area (Å²) in [7, 11) is -3.54. The molecule has 15 heavy (non-hydrogen) atoms. The van der Waals surface area contributed by atoms with Crippen LogP contribution in [0.15, 0.2) is 0 Å². The van der Waals surface area contributed by atoms with Gasteiger partial charge in [-0.3, -0.25) is 4.79 Å². The maximum absolute atomic E-state index is 11.3. The van der Waals surface area contributed by atoms with Crippen molar-refractivity contribution in [2.75, 3.05) is 6.54 Å². The molecule has 0 radical (unpaired) electrons. The van der Waals surface area contributed by atoms with Crippen LogP contribution in [0.2, 0.25) is 0 Å². The zero-order chi connectivity index (χ0) is 11.5. The van der Waals surface area contributed by atoms with Gasteiger partial charge in [0.1, 0.15) is 0 Å². The lowest BCUT2D eigenvalue weighted by Gasteiger charge is -2.17. The van der Waals surface area contributed by atoms with Gasteiger partial charge < -0.3 is 5.11 Å². The monoisotopic (exact) mass is 236 g/mol. The van der Waals surface area contributed by atoms with Crippen molar-refractivity contribution < 1.29 is 18.3 Å². The third kappa shape index (κ3) is 3.44. The summed E-state index contributed by atoms with van der Waals surface area (Å²) in [6.07, 6.45) is 1.87. The molecule has 1 fully saturated rings. The normalized spacial score (nSPS) is 26.7. The fourth-order valence-corrected chi connectivity index (χ4v) is 2.97. The highest BCUT2D eigenvalue weighted by Crippen LogP contribution is 2.26. The van der Waals surface area contributed by atoms with Gasteiger partial charge in [-0.1, -0.05) is 13.3 Å². The molecule has 88 valence electrons. The Morgan fingerprint density at radius 1 is 1.47 bits per heavy atom. The predicted molar refractivity (Wildman–Crippen MR) is 54.5 cm³/mol. The number of aliphatic carboxylic acids is 1. The number of carbonyl (C=O) groups is 1. The smallest absolute Gasteiger partial charge is 0.308 e. The Morgan fingerprint density at radius 3 is 2.67 bits per heavy atom. The van der Waals surface area contributed by atoms with E-state index >= 15 is 0 Å². The molecular weight excluding hydrogens is 220 g/mol. The molecule has 0 aromatic heterocycles. The average molecular weight is 236 g/mol. The van der Waals surface area contributed by atoms with Crippen LogP contribution in [-0.2, 0) is 15.0 Å². The minimum Gasteiger partial charge on any atom is -0.481 e. The summed E-state index contributed by atoms with van der Waals surface area (Å²) in [4.78, 5) is 10.8. The van der Waals surface area contributed by atoms with E-state index < -0.39 is 28.1 Å². The molecule has 0 aromatic rings. The molecule has 0 amide bonds. The van der Waals surface area contributed by atoms with Gasteiger partial charge in [0, 0.05) is 12.6 Å². The largest absolute Gasteiger partial charge is 0.481 e. The molecular formula is C8H16N2O4S. The van der Waals surface area contributed by atoms with Crippen LogP contribution < -0.4 is 9.44 Å². The molecule has 0 bridgehead atoms. The van der Waals surface area contributed by atoms with Gasteiger partial charge in [0.2, 0.25) is 0 Å². The number of hydrogen-bond acceptors (Lipinski definition) is 3. The zero-order valence-corrected chi connectivity index (χ0v) is 9.38. The molecule has 1 saturated carbocycles. The van der Waals surface area contributed by atoms with Gasteiger partial charge in [-0.05, 0) is 12.8 Å². The Morgan fingerprint density at radius 2 is 2.13 bits per heavy atom. The summed E-state index contributed by atoms with van der Waals surface area (Å²) in [5.74, 6) is -1.53. The van der Waals surface area contributed by atoms with Crippen LogP contribution in [0.25, 0.3) is 0 Å². The minimum absolute atomic E-state index is 0.291. The Hall–Kier alpha value is -0.660. The van der Waals surface area contributed by atoms with Gasteiger partial charge in [-0.15, -0.1) is 0 Å². The Bertz CT molecular complexity index is 328. The fourth-order valence-electron chi connectivity index (χ4n) is 1.83. The van der Waals surface area contributed by atoms with Gasteiger partial charge in [-0.2, -0.15) is 13.1 Å². The van der Waals surface area contributed by atoms with Crippen LogP contribution in [0.5, 0.6) is 0 Å². The molecule has 1 aliphatic carbocycles. The first-order valence-electron chi connectivity index (χ1n) is 4.96. The van der Waals surface area contributed by atoms with Crippen molar-refractivity contribution in [3.63, 3.8) is 0 Å². The molecule has 0 aliphatic heterocycles. The molecule has 1 aliphatic rings. The van der Waals surface area contributed by atoms with Crippen molar-refractivity contribution in [2.45, 2.75) is 32.2 Å². The van der Waals surface area contributed by atoms with Crippen molar-refractivity contribution in [1.29, 1.82) is 0 Å². The first kappa shape index (κ1) is 12.4. The second-order valence-corrected chi connectivity index (χ2v) is 5.13. The highest BCUT2D eigenvalue weighted by atomic mass is 32.2. The van der Waals surface area contributed by atoms with Crippen LogP contribution in [0.3, 0.4) is 0 Å². The van der Waals surface area contributed by atoms with Crippen molar-refractivity contribution in [2.24, 2.45) is 5.92 Å². The molecule has 2 unspecified atom stereocenters. The third-order valence-corrected chi connectivity index (χ3v) is 3.76. The second kappa shape index (κ2) is 4.91. The lowest BCUT2D eigenvalue weighted by molar-refractivity contribution is -0.141. The SMILES string of the molecule is CCNS(=O)(=O)NC1CCCC1C(=O)O. The molecule has 0 saturated heterocycles. The van der Waals surface area contributed by atoms with Crippen LogP contribution in [0.1, 0.15) is 26.2 Å². The Balaban J connectivity index is 2.61. The summed E-state index contributed by atoms with van der Waals surface area (Å²) in [5.41, 5.74) is 0. The summed E-state index contributed by atoms with van der Waals surface area (Å²) in [6.45, 7) is 1.96. The summed E-state index contributed by atoms with van der Waals surface area (Å²) >= 11 is 0. The topological polar surface area (TPSA) is 95.5 Å². The van der Waals surface area contributed by atoms with Gasteiger partial charge in [0.25, 0.3) is 10.2 Å². The van der Waals surface area contributed by atoms with E-state index in [4.69, 9.17) is 5.11 Å². The zero-order valence-electron chi connectivity index (χ0n) is 8.56. The summed E-state index contributed by atoms with van der Waals surface area (Å²) in [5, 5.41) is 8.86. The van der Waals surface area contributed by atoms with Crippen molar-refractivity contribution in [1.82, 2.24) is 9.44 Å². The van der Waals surface area contributed by atoms with Gasteiger partial charge >= 0.3 is 5.97 Å². The molecule has 0 spiro atoms. The number of carboxylic acids is 1. The lowest BCUT2D eigenvalue weighted by Crippen LogP contribution is -2.45. The molecule has 1 rings (SSSR count). The molecule has 2 atom stereocenters. The quantitative estimate of drug-likeness (QED) is 0.610. The van der Waals surface area contributed by atoms with Gasteiger partial charge in [0.15, 0.2) is 0 Å². The fraction of sp³-hybridized carbons (Fsp3) is 0.875. The van der Waals surface area contributed by atoms with E-state index in [0.29, 0.717) is 19.4 Å². The predicted octanol–water partition coefficient (Wildman–Crippen LogP) is -0.316. The van der Waals surface area contributed by atoms with E-state index in [1.165, 1.54) is 0 Å². The number of carboxylic acid groups (broad SMARTS) is 1. The minimum atomic E-state index is -3.54. The van der Waals surface area contributed by atoms with E-state index in [2.05, 4.69) is 9.44 Å². The van der Waals surface area contributed by atoms with Crippen LogP contribution in [0.4, 0.5) is 0 Å². The molecule has 3 N–H and O–H groups in total. The lowest BCUT2D eigenvalue weighted by atomic mass is 10.1. The highest BCUT2D eigenvalue weighted by molar-refractivity contribution is 7.87. The maximum Gasteiger partial charge on any atom is 0.308 e. The molecule has 0 heterocycles.